The minimum atomic E-state index is -1.17. The fourth-order valence-corrected chi connectivity index (χ4v) is 5.68. The summed E-state index contributed by atoms with van der Waals surface area (Å²) in [5.74, 6) is -2.71. The number of rotatable bonds is 9. The Morgan fingerprint density at radius 3 is 2.45 bits per heavy atom. The number of hydrogen-bond donors (Lipinski definition) is 2. The number of nitrogens with one attached hydrogen (secondary N) is 1. The molecule has 2 aliphatic rings. The second kappa shape index (κ2) is 13.1. The van der Waals surface area contributed by atoms with Crippen molar-refractivity contribution in [2.45, 2.75) is 37.8 Å². The standard InChI is InChI=1S/C31H31F2N5O6/c1-35-17-28(41)37-26(13-20-7-11-24(40)12-8-20)30(42)36(16-22-9-10-23(32)14-25(22)33)27(18-44-19-39)29(37)38(35)31(43)34-15-21-5-3-2-4-6-21/h2-12,14,19,26-27,29,40H,13,15-18H2,1H3,(H,34,43)/t26-,27-,29-/m0/s1. The topological polar surface area (TPSA) is 123 Å². The van der Waals surface area contributed by atoms with Gasteiger partial charge < -0.3 is 25.0 Å². The van der Waals surface area contributed by atoms with Crippen LogP contribution in [-0.4, -0.2) is 87.7 Å². The number of benzene rings is 3. The number of likely N-dealkylation sites (N-methyl/N-ethyl adjacent to an activating group) is 1. The first-order chi connectivity index (χ1) is 21.2. The van der Waals surface area contributed by atoms with E-state index in [-0.39, 0.29) is 43.8 Å². The van der Waals surface area contributed by atoms with Gasteiger partial charge in [0, 0.05) is 38.2 Å². The zero-order valence-electron chi connectivity index (χ0n) is 23.8. The highest BCUT2D eigenvalue weighted by atomic mass is 19.1. The van der Waals surface area contributed by atoms with Crippen LogP contribution in [0, 0.1) is 11.6 Å². The zero-order chi connectivity index (χ0) is 31.4. The maximum atomic E-state index is 14.9. The van der Waals surface area contributed by atoms with Gasteiger partial charge in [0.1, 0.15) is 42.2 Å². The van der Waals surface area contributed by atoms with Crippen LogP contribution < -0.4 is 5.32 Å². The third-order valence-electron chi connectivity index (χ3n) is 7.75. The van der Waals surface area contributed by atoms with Crippen LogP contribution in [0.4, 0.5) is 13.6 Å². The molecule has 3 aromatic carbocycles. The molecule has 0 aliphatic carbocycles. The molecule has 0 bridgehead atoms. The number of aromatic hydroxyl groups is 1. The number of hydrogen-bond acceptors (Lipinski definition) is 7. The van der Waals surface area contributed by atoms with Crippen LogP contribution in [0.15, 0.2) is 72.8 Å². The number of carbonyl (C=O) groups is 4. The van der Waals surface area contributed by atoms with Gasteiger partial charge in [-0.15, -0.1) is 0 Å². The van der Waals surface area contributed by atoms with E-state index in [0.29, 0.717) is 11.6 Å². The lowest BCUT2D eigenvalue weighted by molar-refractivity contribution is -0.201. The predicted molar refractivity (Wildman–Crippen MR) is 152 cm³/mol. The Balaban J connectivity index is 1.57. The lowest BCUT2D eigenvalue weighted by atomic mass is 9.94. The molecule has 3 aromatic rings. The monoisotopic (exact) mass is 607 g/mol. The van der Waals surface area contributed by atoms with Crippen LogP contribution in [-0.2, 0) is 38.6 Å². The van der Waals surface area contributed by atoms with Crippen molar-refractivity contribution in [2.24, 2.45) is 0 Å². The maximum absolute atomic E-state index is 14.9. The Kier molecular flexibility index (Phi) is 9.04. The molecule has 0 radical (unpaired) electrons. The molecule has 2 fully saturated rings. The number of nitrogens with zero attached hydrogens (tertiary/aromatic N) is 4. The van der Waals surface area contributed by atoms with Gasteiger partial charge >= 0.3 is 6.03 Å². The van der Waals surface area contributed by atoms with Crippen molar-refractivity contribution in [1.29, 1.82) is 0 Å². The molecule has 44 heavy (non-hydrogen) atoms. The number of hydrazine groups is 1. The highest BCUT2D eigenvalue weighted by molar-refractivity contribution is 5.92. The van der Waals surface area contributed by atoms with Gasteiger partial charge in [-0.3, -0.25) is 14.4 Å². The summed E-state index contributed by atoms with van der Waals surface area (Å²) >= 11 is 0. The van der Waals surface area contributed by atoms with E-state index in [1.165, 1.54) is 38.0 Å². The average molecular weight is 608 g/mol. The minimum Gasteiger partial charge on any atom is -0.508 e. The molecule has 2 N–H and O–H groups in total. The number of carbonyl (C=O) groups excluding carboxylic acids is 4. The number of ether oxygens (including phenoxy) is 1. The number of phenols is 1. The lowest BCUT2D eigenvalue weighted by Crippen LogP contribution is -2.79. The predicted octanol–water partition coefficient (Wildman–Crippen LogP) is 2.39. The van der Waals surface area contributed by atoms with Gasteiger partial charge in [0.15, 0.2) is 0 Å². The van der Waals surface area contributed by atoms with Crippen LogP contribution >= 0.6 is 0 Å². The van der Waals surface area contributed by atoms with Crippen molar-refractivity contribution in [3.05, 3.63) is 101 Å². The number of phenolic OH excluding ortho intramolecular Hbond substituents is 1. The molecule has 2 heterocycles. The summed E-state index contributed by atoms with van der Waals surface area (Å²) in [5.41, 5.74) is 1.43. The first-order valence-corrected chi connectivity index (χ1v) is 13.9. The van der Waals surface area contributed by atoms with E-state index in [1.54, 1.807) is 19.2 Å². The number of halogens is 2. The number of fused-ring (bicyclic) bond motifs is 1. The summed E-state index contributed by atoms with van der Waals surface area (Å²) < 4.78 is 33.7. The van der Waals surface area contributed by atoms with Crippen LogP contribution in [0.1, 0.15) is 16.7 Å². The van der Waals surface area contributed by atoms with E-state index in [4.69, 9.17) is 4.74 Å². The molecule has 3 atom stereocenters. The molecular formula is C31H31F2N5O6. The summed E-state index contributed by atoms with van der Waals surface area (Å²) in [6.45, 7) is -0.661. The second-order valence-corrected chi connectivity index (χ2v) is 10.6. The van der Waals surface area contributed by atoms with E-state index < -0.39 is 54.3 Å². The Morgan fingerprint density at radius 2 is 1.77 bits per heavy atom. The van der Waals surface area contributed by atoms with Gasteiger partial charge in [-0.25, -0.2) is 23.6 Å². The summed E-state index contributed by atoms with van der Waals surface area (Å²) in [4.78, 5) is 55.6. The lowest BCUT2D eigenvalue weighted by Gasteiger charge is -2.57. The van der Waals surface area contributed by atoms with E-state index in [0.717, 1.165) is 11.6 Å². The largest absolute Gasteiger partial charge is 0.508 e. The van der Waals surface area contributed by atoms with Crippen LogP contribution in [0.25, 0.3) is 0 Å². The molecular weight excluding hydrogens is 576 g/mol. The van der Waals surface area contributed by atoms with Crippen molar-refractivity contribution >= 4 is 24.3 Å². The first kappa shape index (κ1) is 30.4. The first-order valence-electron chi connectivity index (χ1n) is 13.9. The second-order valence-electron chi connectivity index (χ2n) is 10.6. The molecule has 5 rings (SSSR count). The summed E-state index contributed by atoms with van der Waals surface area (Å²) in [6.07, 6.45) is -1.16. The highest BCUT2D eigenvalue weighted by Crippen LogP contribution is 2.33. The Labute approximate surface area is 252 Å². The molecule has 13 heteroatoms. The minimum absolute atomic E-state index is 0.00813. The Hall–Kier alpha value is -5.04. The van der Waals surface area contributed by atoms with Gasteiger partial charge in [-0.05, 0) is 29.3 Å². The molecule has 0 unspecified atom stereocenters. The van der Waals surface area contributed by atoms with E-state index >= 15 is 0 Å². The highest BCUT2D eigenvalue weighted by Gasteiger charge is 2.55. The molecule has 2 saturated heterocycles. The van der Waals surface area contributed by atoms with Crippen LogP contribution in [0.5, 0.6) is 5.75 Å². The van der Waals surface area contributed by atoms with Crippen LogP contribution in [0.2, 0.25) is 0 Å². The fourth-order valence-electron chi connectivity index (χ4n) is 5.68. The van der Waals surface area contributed by atoms with E-state index in [1.807, 2.05) is 30.3 Å². The van der Waals surface area contributed by atoms with Crippen molar-refractivity contribution < 1.29 is 37.8 Å². The van der Waals surface area contributed by atoms with Crippen molar-refractivity contribution in [3.63, 3.8) is 0 Å². The molecule has 0 spiro atoms. The molecule has 11 nitrogen and oxygen atoms in total. The molecule has 0 aromatic heterocycles. The summed E-state index contributed by atoms with van der Waals surface area (Å²) in [7, 11) is 1.55. The third-order valence-corrected chi connectivity index (χ3v) is 7.75. The Bertz CT molecular complexity index is 1530. The van der Waals surface area contributed by atoms with Gasteiger partial charge in [-0.2, -0.15) is 0 Å². The number of amides is 4. The quantitative estimate of drug-likeness (QED) is 0.358. The van der Waals surface area contributed by atoms with E-state index in [2.05, 4.69) is 5.32 Å². The average Bonchev–Trinajstić information content (AvgIpc) is 3.00. The third kappa shape index (κ3) is 6.32. The van der Waals surface area contributed by atoms with Gasteiger partial charge in [-0.1, -0.05) is 48.5 Å². The molecule has 2 aliphatic heterocycles. The van der Waals surface area contributed by atoms with Gasteiger partial charge in [0.2, 0.25) is 11.8 Å². The van der Waals surface area contributed by atoms with Gasteiger partial charge in [0.05, 0.1) is 6.54 Å². The van der Waals surface area contributed by atoms with Crippen LogP contribution in [0.3, 0.4) is 0 Å². The fraction of sp³-hybridized carbons (Fsp3) is 0.290. The van der Waals surface area contributed by atoms with Crippen molar-refractivity contribution in [3.8, 4) is 5.75 Å². The molecule has 4 amide bonds. The van der Waals surface area contributed by atoms with Crippen molar-refractivity contribution in [1.82, 2.24) is 25.1 Å². The molecule has 0 saturated carbocycles. The van der Waals surface area contributed by atoms with E-state index in [9.17, 15) is 33.1 Å². The zero-order valence-corrected chi connectivity index (χ0v) is 23.8. The Morgan fingerprint density at radius 1 is 1.05 bits per heavy atom. The maximum Gasteiger partial charge on any atom is 0.334 e. The SMILES string of the molecule is CN1CC(=O)N2[C@@H](Cc3ccc(O)cc3)C(=O)N(Cc3ccc(F)cc3F)[C@@H](COC=O)[C@@H]2N1C(=O)NCc1ccccc1. The van der Waals surface area contributed by atoms with Gasteiger partial charge in [0.25, 0.3) is 6.47 Å². The normalized spacial score (nSPS) is 20.3. The summed E-state index contributed by atoms with van der Waals surface area (Å²) in [6, 6.07) is 15.4. The van der Waals surface area contributed by atoms with Crippen molar-refractivity contribution in [2.75, 3.05) is 20.2 Å². The summed E-state index contributed by atoms with van der Waals surface area (Å²) in [5, 5.41) is 15.3. The smallest absolute Gasteiger partial charge is 0.334 e. The number of piperazine rings is 1. The number of urea groups is 1. The molecule has 230 valence electrons.